The van der Waals surface area contributed by atoms with E-state index in [9.17, 15) is 5.11 Å². The van der Waals surface area contributed by atoms with Gasteiger partial charge in [0.2, 0.25) is 0 Å². The molecule has 2 N–H and O–H groups in total. The predicted octanol–water partition coefficient (Wildman–Crippen LogP) is 1.15. The number of phenolic OH excluding ortho intramolecular Hbond substituents is 1. The summed E-state index contributed by atoms with van der Waals surface area (Å²) in [5.41, 5.74) is 1.07. The minimum Gasteiger partial charge on any atom is -0.508 e. The van der Waals surface area contributed by atoms with E-state index in [-0.39, 0.29) is 0 Å². The number of hydrogen-bond donors (Lipinski definition) is 2. The van der Waals surface area contributed by atoms with Crippen molar-refractivity contribution in [3.8, 4) is 5.75 Å². The van der Waals surface area contributed by atoms with E-state index >= 15 is 0 Å². The van der Waals surface area contributed by atoms with Gasteiger partial charge in [-0.25, -0.2) is 0 Å². The van der Waals surface area contributed by atoms with Crippen molar-refractivity contribution in [2.24, 2.45) is 5.92 Å². The molecule has 1 fully saturated rings. The molecule has 1 aliphatic rings. The van der Waals surface area contributed by atoms with Gasteiger partial charge in [0.15, 0.2) is 0 Å². The molecule has 0 aliphatic carbocycles. The van der Waals surface area contributed by atoms with E-state index in [1.165, 1.54) is 0 Å². The summed E-state index contributed by atoms with van der Waals surface area (Å²) in [5, 5.41) is 12.7. The van der Waals surface area contributed by atoms with E-state index < -0.39 is 0 Å². The Hall–Kier alpha value is -1.02. The standard InChI is InChI=1S/C10H13NO/c12-10-4-2-1-3-9(10)5-8-6-11-7-8/h1-4,8,11-12H,5-7H2. The maximum Gasteiger partial charge on any atom is 0.118 e. The Morgan fingerprint density at radius 2 is 2.08 bits per heavy atom. The fourth-order valence-corrected chi connectivity index (χ4v) is 1.49. The number of hydrogen-bond acceptors (Lipinski definition) is 2. The van der Waals surface area contributed by atoms with Gasteiger partial charge in [-0.05, 0) is 37.1 Å². The van der Waals surface area contributed by atoms with Gasteiger partial charge in [-0.1, -0.05) is 18.2 Å². The van der Waals surface area contributed by atoms with Crippen LogP contribution in [0.15, 0.2) is 24.3 Å². The molecule has 0 spiro atoms. The van der Waals surface area contributed by atoms with Crippen LogP contribution in [0, 0.1) is 5.92 Å². The van der Waals surface area contributed by atoms with Crippen LogP contribution in [0.25, 0.3) is 0 Å². The second kappa shape index (κ2) is 3.15. The van der Waals surface area contributed by atoms with Gasteiger partial charge in [0.1, 0.15) is 5.75 Å². The molecule has 1 saturated heterocycles. The Kier molecular flexibility index (Phi) is 2.00. The van der Waals surface area contributed by atoms with Crippen molar-refractivity contribution < 1.29 is 5.11 Å². The van der Waals surface area contributed by atoms with Gasteiger partial charge in [0, 0.05) is 0 Å². The molecular weight excluding hydrogens is 150 g/mol. The molecule has 0 bridgehead atoms. The second-order valence-electron chi connectivity index (χ2n) is 3.36. The highest BCUT2D eigenvalue weighted by atomic mass is 16.3. The number of para-hydroxylation sites is 1. The van der Waals surface area contributed by atoms with Crippen molar-refractivity contribution in [2.75, 3.05) is 13.1 Å². The molecule has 0 saturated carbocycles. The molecule has 1 aromatic rings. The van der Waals surface area contributed by atoms with Crippen molar-refractivity contribution >= 4 is 0 Å². The molecule has 64 valence electrons. The molecule has 12 heavy (non-hydrogen) atoms. The molecule has 1 aromatic carbocycles. The second-order valence-corrected chi connectivity index (χ2v) is 3.36. The first kappa shape index (κ1) is 7.62. The summed E-state index contributed by atoms with van der Waals surface area (Å²) in [6.45, 7) is 2.18. The lowest BCUT2D eigenvalue weighted by Gasteiger charge is -2.27. The molecule has 1 heterocycles. The number of phenols is 1. The van der Waals surface area contributed by atoms with Crippen LogP contribution in [0.4, 0.5) is 0 Å². The van der Waals surface area contributed by atoms with Gasteiger partial charge in [0.05, 0.1) is 0 Å². The van der Waals surface area contributed by atoms with Crippen LogP contribution < -0.4 is 5.32 Å². The summed E-state index contributed by atoms with van der Waals surface area (Å²) in [7, 11) is 0. The average molecular weight is 163 g/mol. The first-order valence-corrected chi connectivity index (χ1v) is 4.34. The van der Waals surface area contributed by atoms with Crippen LogP contribution in [0.2, 0.25) is 0 Å². The Bertz CT molecular complexity index is 268. The first-order valence-electron chi connectivity index (χ1n) is 4.34. The normalized spacial score (nSPS) is 17.3. The van der Waals surface area contributed by atoms with Crippen LogP contribution in [-0.4, -0.2) is 18.2 Å². The lowest BCUT2D eigenvalue weighted by molar-refractivity contribution is 0.341. The van der Waals surface area contributed by atoms with Crippen LogP contribution in [0.1, 0.15) is 5.56 Å². The number of nitrogens with one attached hydrogen (secondary N) is 1. The SMILES string of the molecule is Oc1ccccc1CC1CNC1. The molecule has 0 radical (unpaired) electrons. The Labute approximate surface area is 72.2 Å². The van der Waals surface area contributed by atoms with Crippen molar-refractivity contribution in [2.45, 2.75) is 6.42 Å². The third-order valence-electron chi connectivity index (χ3n) is 2.37. The van der Waals surface area contributed by atoms with Gasteiger partial charge < -0.3 is 10.4 Å². The van der Waals surface area contributed by atoms with E-state index in [0.717, 1.165) is 31.0 Å². The lowest BCUT2D eigenvalue weighted by atomic mass is 9.94. The minimum absolute atomic E-state index is 0.435. The summed E-state index contributed by atoms with van der Waals surface area (Å²) in [6, 6.07) is 7.58. The third-order valence-corrected chi connectivity index (χ3v) is 2.37. The van der Waals surface area contributed by atoms with E-state index in [0.29, 0.717) is 5.75 Å². The first-order chi connectivity index (χ1) is 5.86. The maximum atomic E-state index is 9.46. The molecule has 2 rings (SSSR count). The van der Waals surface area contributed by atoms with E-state index in [1.54, 1.807) is 6.07 Å². The molecule has 2 nitrogen and oxygen atoms in total. The van der Waals surface area contributed by atoms with Gasteiger partial charge in [-0.3, -0.25) is 0 Å². The molecule has 2 heteroatoms. The predicted molar refractivity (Wildman–Crippen MR) is 48.2 cm³/mol. The fraction of sp³-hybridized carbons (Fsp3) is 0.400. The summed E-state index contributed by atoms with van der Waals surface area (Å²) in [5.74, 6) is 1.16. The summed E-state index contributed by atoms with van der Waals surface area (Å²) in [6.07, 6.45) is 1.000. The smallest absolute Gasteiger partial charge is 0.118 e. The monoisotopic (exact) mass is 163 g/mol. The lowest BCUT2D eigenvalue weighted by Crippen LogP contribution is -2.43. The largest absolute Gasteiger partial charge is 0.508 e. The molecule has 1 aliphatic heterocycles. The number of rotatable bonds is 2. The fourth-order valence-electron chi connectivity index (χ4n) is 1.49. The van der Waals surface area contributed by atoms with Gasteiger partial charge in [-0.2, -0.15) is 0 Å². The zero-order valence-corrected chi connectivity index (χ0v) is 6.96. The van der Waals surface area contributed by atoms with Gasteiger partial charge in [-0.15, -0.1) is 0 Å². The number of aromatic hydroxyl groups is 1. The quantitative estimate of drug-likeness (QED) is 0.685. The van der Waals surface area contributed by atoms with Crippen LogP contribution in [-0.2, 0) is 6.42 Å². The highest BCUT2D eigenvalue weighted by Gasteiger charge is 2.17. The van der Waals surface area contributed by atoms with Crippen molar-refractivity contribution in [3.63, 3.8) is 0 Å². The van der Waals surface area contributed by atoms with Crippen LogP contribution >= 0.6 is 0 Å². The van der Waals surface area contributed by atoms with Crippen molar-refractivity contribution in [1.82, 2.24) is 5.32 Å². The van der Waals surface area contributed by atoms with Gasteiger partial charge >= 0.3 is 0 Å². The maximum absolute atomic E-state index is 9.46. The summed E-state index contributed by atoms with van der Waals surface area (Å²) in [4.78, 5) is 0. The van der Waals surface area contributed by atoms with Crippen LogP contribution in [0.5, 0.6) is 5.75 Å². The Morgan fingerprint density at radius 3 is 2.67 bits per heavy atom. The minimum atomic E-state index is 0.435. The van der Waals surface area contributed by atoms with Crippen molar-refractivity contribution in [1.29, 1.82) is 0 Å². The molecule has 0 amide bonds. The third kappa shape index (κ3) is 1.43. The zero-order valence-electron chi connectivity index (χ0n) is 6.96. The Balaban J connectivity index is 2.06. The van der Waals surface area contributed by atoms with E-state index in [2.05, 4.69) is 5.32 Å². The molecule has 0 atom stereocenters. The van der Waals surface area contributed by atoms with Gasteiger partial charge in [0.25, 0.3) is 0 Å². The van der Waals surface area contributed by atoms with Crippen molar-refractivity contribution in [3.05, 3.63) is 29.8 Å². The zero-order chi connectivity index (χ0) is 8.39. The molecular formula is C10H13NO. The van der Waals surface area contributed by atoms with E-state index in [4.69, 9.17) is 0 Å². The molecule has 0 unspecified atom stereocenters. The molecule has 0 aromatic heterocycles. The van der Waals surface area contributed by atoms with Crippen LogP contribution in [0.3, 0.4) is 0 Å². The topological polar surface area (TPSA) is 32.3 Å². The summed E-state index contributed by atoms with van der Waals surface area (Å²) < 4.78 is 0. The summed E-state index contributed by atoms with van der Waals surface area (Å²) >= 11 is 0. The highest BCUT2D eigenvalue weighted by Crippen LogP contribution is 2.20. The Morgan fingerprint density at radius 1 is 1.33 bits per heavy atom. The van der Waals surface area contributed by atoms with E-state index in [1.807, 2.05) is 18.2 Å². The number of benzene rings is 1. The highest BCUT2D eigenvalue weighted by molar-refractivity contribution is 5.32. The average Bonchev–Trinajstić information content (AvgIpc) is 2.00.